The van der Waals surface area contributed by atoms with Crippen molar-refractivity contribution in [2.75, 3.05) is 33.3 Å². The molecule has 0 atom stereocenters. The molecular weight excluding hydrogens is 404 g/mol. The normalized spacial score (nSPS) is 15.2. The van der Waals surface area contributed by atoms with Crippen molar-refractivity contribution in [1.29, 1.82) is 0 Å². The van der Waals surface area contributed by atoms with E-state index in [9.17, 15) is 4.79 Å². The second-order valence-corrected chi connectivity index (χ2v) is 8.22. The molecule has 1 aliphatic heterocycles. The Kier molecular flexibility index (Phi) is 6.55. The van der Waals surface area contributed by atoms with Gasteiger partial charge < -0.3 is 9.64 Å². The molecule has 0 saturated carbocycles. The van der Waals surface area contributed by atoms with E-state index in [4.69, 9.17) is 4.74 Å². The molecule has 0 radical (unpaired) electrons. The molecule has 0 aliphatic carbocycles. The lowest BCUT2D eigenvalue weighted by molar-refractivity contribution is 0.0627. The second-order valence-electron chi connectivity index (χ2n) is 7.30. The fourth-order valence-electron chi connectivity index (χ4n) is 3.41. The predicted octanol–water partition coefficient (Wildman–Crippen LogP) is 4.54. The van der Waals surface area contributed by atoms with Crippen molar-refractivity contribution in [2.45, 2.75) is 26.3 Å². The van der Waals surface area contributed by atoms with E-state index < -0.39 is 0 Å². The number of methoxy groups -OCH3 is 1. The molecule has 0 spiro atoms. The summed E-state index contributed by atoms with van der Waals surface area (Å²) in [6.45, 7) is 8.51. The summed E-state index contributed by atoms with van der Waals surface area (Å²) >= 11 is 3.41. The second kappa shape index (κ2) is 8.89. The summed E-state index contributed by atoms with van der Waals surface area (Å²) in [6, 6.07) is 14.0. The summed E-state index contributed by atoms with van der Waals surface area (Å²) in [5, 5.41) is 0. The Morgan fingerprint density at radius 2 is 1.74 bits per heavy atom. The number of hydrogen-bond acceptors (Lipinski definition) is 3. The maximum Gasteiger partial charge on any atom is 0.253 e. The van der Waals surface area contributed by atoms with Crippen LogP contribution >= 0.6 is 15.9 Å². The summed E-state index contributed by atoms with van der Waals surface area (Å²) in [6.07, 6.45) is 0. The van der Waals surface area contributed by atoms with Crippen LogP contribution in [0, 0.1) is 0 Å². The zero-order chi connectivity index (χ0) is 19.4. The quantitative estimate of drug-likeness (QED) is 0.697. The highest BCUT2D eigenvalue weighted by Crippen LogP contribution is 2.26. The zero-order valence-corrected chi connectivity index (χ0v) is 17.8. The molecule has 1 fully saturated rings. The van der Waals surface area contributed by atoms with E-state index in [1.165, 1.54) is 11.1 Å². The van der Waals surface area contributed by atoms with Gasteiger partial charge in [0.1, 0.15) is 5.75 Å². The number of amides is 1. The molecule has 0 N–H and O–H groups in total. The summed E-state index contributed by atoms with van der Waals surface area (Å²) < 4.78 is 6.54. The Morgan fingerprint density at radius 3 is 2.33 bits per heavy atom. The molecule has 27 heavy (non-hydrogen) atoms. The van der Waals surface area contributed by atoms with Gasteiger partial charge in [0.15, 0.2) is 0 Å². The highest BCUT2D eigenvalue weighted by Gasteiger charge is 2.23. The number of ether oxygens (including phenoxy) is 1. The molecule has 1 saturated heterocycles. The summed E-state index contributed by atoms with van der Waals surface area (Å²) in [7, 11) is 1.72. The number of benzene rings is 2. The molecule has 0 unspecified atom stereocenters. The SMILES string of the molecule is COc1ccc(C(C)C)cc1CN1CCN(C(=O)c2ccc(Br)cc2)CC1. The van der Waals surface area contributed by atoms with Gasteiger partial charge in [0.05, 0.1) is 7.11 Å². The van der Waals surface area contributed by atoms with Gasteiger partial charge in [-0.1, -0.05) is 41.9 Å². The van der Waals surface area contributed by atoms with E-state index in [1.807, 2.05) is 29.2 Å². The fourth-order valence-corrected chi connectivity index (χ4v) is 3.67. The monoisotopic (exact) mass is 430 g/mol. The topological polar surface area (TPSA) is 32.8 Å². The first-order valence-electron chi connectivity index (χ1n) is 9.42. The first-order valence-corrected chi connectivity index (χ1v) is 10.2. The number of rotatable bonds is 5. The molecule has 0 bridgehead atoms. The van der Waals surface area contributed by atoms with Gasteiger partial charge in [-0.05, 0) is 41.8 Å². The summed E-state index contributed by atoms with van der Waals surface area (Å²) in [4.78, 5) is 17.0. The highest BCUT2D eigenvalue weighted by atomic mass is 79.9. The van der Waals surface area contributed by atoms with E-state index >= 15 is 0 Å². The van der Waals surface area contributed by atoms with E-state index in [-0.39, 0.29) is 5.91 Å². The molecule has 1 amide bonds. The van der Waals surface area contributed by atoms with Crippen LogP contribution in [0.1, 0.15) is 41.3 Å². The number of carbonyl (C=O) groups excluding carboxylic acids is 1. The van der Waals surface area contributed by atoms with Crippen molar-refractivity contribution in [3.8, 4) is 5.75 Å². The van der Waals surface area contributed by atoms with Crippen LogP contribution in [0.5, 0.6) is 5.75 Å². The van der Waals surface area contributed by atoms with Gasteiger partial charge in [-0.2, -0.15) is 0 Å². The van der Waals surface area contributed by atoms with Gasteiger partial charge in [0, 0.05) is 48.3 Å². The lowest BCUT2D eigenvalue weighted by Crippen LogP contribution is -2.48. The molecule has 3 rings (SSSR count). The number of hydrogen-bond donors (Lipinski definition) is 0. The molecule has 5 heteroatoms. The molecule has 2 aromatic carbocycles. The Morgan fingerprint density at radius 1 is 1.07 bits per heavy atom. The molecule has 1 aliphatic rings. The minimum absolute atomic E-state index is 0.113. The van der Waals surface area contributed by atoms with Crippen molar-refractivity contribution in [3.05, 3.63) is 63.6 Å². The number of piperazine rings is 1. The van der Waals surface area contributed by atoms with Crippen LogP contribution in [0.3, 0.4) is 0 Å². The van der Waals surface area contributed by atoms with Crippen molar-refractivity contribution >= 4 is 21.8 Å². The Labute approximate surface area is 170 Å². The minimum atomic E-state index is 0.113. The largest absolute Gasteiger partial charge is 0.496 e. The van der Waals surface area contributed by atoms with Crippen LogP contribution < -0.4 is 4.74 Å². The van der Waals surface area contributed by atoms with Gasteiger partial charge in [-0.15, -0.1) is 0 Å². The van der Waals surface area contributed by atoms with Crippen LogP contribution in [-0.4, -0.2) is 49.0 Å². The van der Waals surface area contributed by atoms with Crippen LogP contribution in [-0.2, 0) is 6.54 Å². The number of halogens is 1. The Balaban J connectivity index is 1.62. The van der Waals surface area contributed by atoms with E-state index in [0.717, 1.165) is 48.5 Å². The number of carbonyl (C=O) groups is 1. The average Bonchev–Trinajstić information content (AvgIpc) is 2.68. The van der Waals surface area contributed by atoms with Gasteiger partial charge in [-0.3, -0.25) is 9.69 Å². The third kappa shape index (κ3) is 4.90. The summed E-state index contributed by atoms with van der Waals surface area (Å²) in [5.41, 5.74) is 3.30. The van der Waals surface area contributed by atoms with Crippen molar-refractivity contribution in [1.82, 2.24) is 9.80 Å². The standard InChI is InChI=1S/C22H27BrN2O2/c1-16(2)18-6-9-21(27-3)19(14-18)15-24-10-12-25(13-11-24)22(26)17-4-7-20(23)8-5-17/h4-9,14,16H,10-13,15H2,1-3H3. The van der Waals surface area contributed by atoms with Gasteiger partial charge in [0.25, 0.3) is 5.91 Å². The highest BCUT2D eigenvalue weighted by molar-refractivity contribution is 9.10. The van der Waals surface area contributed by atoms with Gasteiger partial charge in [0.2, 0.25) is 0 Å². The minimum Gasteiger partial charge on any atom is -0.496 e. The predicted molar refractivity (Wildman–Crippen MR) is 112 cm³/mol. The molecule has 0 aromatic heterocycles. The lowest BCUT2D eigenvalue weighted by atomic mass is 10.00. The summed E-state index contributed by atoms with van der Waals surface area (Å²) in [5.74, 6) is 1.55. The van der Waals surface area contributed by atoms with Crippen LogP contribution in [0.4, 0.5) is 0 Å². The van der Waals surface area contributed by atoms with Crippen molar-refractivity contribution < 1.29 is 9.53 Å². The van der Waals surface area contributed by atoms with Crippen LogP contribution in [0.15, 0.2) is 46.9 Å². The van der Waals surface area contributed by atoms with E-state index in [0.29, 0.717) is 5.92 Å². The van der Waals surface area contributed by atoms with Crippen LogP contribution in [0.2, 0.25) is 0 Å². The number of nitrogens with zero attached hydrogens (tertiary/aromatic N) is 2. The fraction of sp³-hybridized carbons (Fsp3) is 0.409. The third-order valence-corrected chi connectivity index (χ3v) is 5.64. The van der Waals surface area contributed by atoms with Gasteiger partial charge in [-0.25, -0.2) is 0 Å². The van der Waals surface area contributed by atoms with Crippen molar-refractivity contribution in [2.24, 2.45) is 0 Å². The zero-order valence-electron chi connectivity index (χ0n) is 16.2. The lowest BCUT2D eigenvalue weighted by Gasteiger charge is -2.35. The Bertz CT molecular complexity index is 781. The first-order chi connectivity index (χ1) is 13.0. The maximum atomic E-state index is 12.7. The first kappa shape index (κ1) is 19.9. The molecular formula is C22H27BrN2O2. The maximum absolute atomic E-state index is 12.7. The molecule has 1 heterocycles. The molecule has 144 valence electrons. The van der Waals surface area contributed by atoms with Gasteiger partial charge >= 0.3 is 0 Å². The molecule has 2 aromatic rings. The smallest absolute Gasteiger partial charge is 0.253 e. The van der Waals surface area contributed by atoms with Crippen molar-refractivity contribution in [3.63, 3.8) is 0 Å². The third-order valence-electron chi connectivity index (χ3n) is 5.12. The average molecular weight is 431 g/mol. The van der Waals surface area contributed by atoms with Crippen LogP contribution in [0.25, 0.3) is 0 Å². The van der Waals surface area contributed by atoms with E-state index in [2.05, 4.69) is 52.9 Å². The Hall–Kier alpha value is -1.85. The molecule has 4 nitrogen and oxygen atoms in total. The van der Waals surface area contributed by atoms with E-state index in [1.54, 1.807) is 7.11 Å².